The quantitative estimate of drug-likeness (QED) is 0.809. The number of hydrogen-bond acceptors (Lipinski definition) is 2. The van der Waals surface area contributed by atoms with E-state index in [0.717, 1.165) is 24.1 Å². The fourth-order valence-electron chi connectivity index (χ4n) is 1.81. The molecule has 0 aliphatic heterocycles. The van der Waals surface area contributed by atoms with E-state index in [-0.39, 0.29) is 24.2 Å². The van der Waals surface area contributed by atoms with Crippen molar-refractivity contribution in [2.24, 2.45) is 11.7 Å². The van der Waals surface area contributed by atoms with E-state index in [1.54, 1.807) is 24.3 Å². The van der Waals surface area contributed by atoms with Gasteiger partial charge in [0.1, 0.15) is 0 Å². The maximum Gasteiger partial charge on any atom is 0.227 e. The van der Waals surface area contributed by atoms with Crippen LogP contribution in [0.5, 0.6) is 0 Å². The monoisotopic (exact) mass is 248 g/mol. The Hall–Kier alpha value is -1.84. The Kier molecular flexibility index (Phi) is 5.36. The molecule has 0 saturated carbocycles. The highest BCUT2D eigenvalue weighted by molar-refractivity contribution is 5.92. The summed E-state index contributed by atoms with van der Waals surface area (Å²) in [7, 11) is 0. The smallest absolute Gasteiger partial charge is 0.227 e. The van der Waals surface area contributed by atoms with Gasteiger partial charge in [-0.05, 0) is 30.5 Å². The molecule has 18 heavy (non-hydrogen) atoms. The number of primary amides is 1. The molecule has 4 nitrogen and oxygen atoms in total. The van der Waals surface area contributed by atoms with Gasteiger partial charge in [0.2, 0.25) is 11.8 Å². The van der Waals surface area contributed by atoms with E-state index in [0.29, 0.717) is 0 Å². The molecule has 0 heterocycles. The Morgan fingerprint density at radius 1 is 1.17 bits per heavy atom. The lowest BCUT2D eigenvalue weighted by atomic mass is 10.0. The van der Waals surface area contributed by atoms with E-state index in [4.69, 9.17) is 5.73 Å². The summed E-state index contributed by atoms with van der Waals surface area (Å²) in [4.78, 5) is 22.6. The number of anilines is 1. The minimum Gasteiger partial charge on any atom is -0.369 e. The molecule has 0 atom stereocenters. The van der Waals surface area contributed by atoms with Gasteiger partial charge in [-0.15, -0.1) is 0 Å². The first kappa shape index (κ1) is 14.2. The molecule has 1 rings (SSSR count). The van der Waals surface area contributed by atoms with Gasteiger partial charge < -0.3 is 11.1 Å². The molecule has 0 spiro atoms. The van der Waals surface area contributed by atoms with Crippen LogP contribution in [-0.2, 0) is 16.0 Å². The normalized spacial score (nSPS) is 10.4. The molecular weight excluding hydrogens is 228 g/mol. The zero-order valence-electron chi connectivity index (χ0n) is 10.9. The Balaban J connectivity index is 2.63. The molecule has 0 fully saturated rings. The van der Waals surface area contributed by atoms with Crippen LogP contribution in [0.3, 0.4) is 0 Å². The van der Waals surface area contributed by atoms with Gasteiger partial charge in [-0.3, -0.25) is 9.59 Å². The second kappa shape index (κ2) is 6.79. The molecule has 0 aromatic heterocycles. The highest BCUT2D eigenvalue weighted by Crippen LogP contribution is 2.14. The second-order valence-corrected chi connectivity index (χ2v) is 4.34. The molecule has 0 saturated heterocycles. The third-order valence-electron chi connectivity index (χ3n) is 2.96. The summed E-state index contributed by atoms with van der Waals surface area (Å²) in [5, 5.41) is 2.87. The molecule has 4 heteroatoms. The van der Waals surface area contributed by atoms with E-state index in [2.05, 4.69) is 5.32 Å². The number of carbonyl (C=O) groups excluding carboxylic acids is 2. The number of benzene rings is 1. The molecule has 0 unspecified atom stereocenters. The van der Waals surface area contributed by atoms with Gasteiger partial charge in [0, 0.05) is 11.6 Å². The van der Waals surface area contributed by atoms with Crippen molar-refractivity contribution >= 4 is 17.5 Å². The molecule has 0 bridgehead atoms. The average molecular weight is 248 g/mol. The lowest BCUT2D eigenvalue weighted by Gasteiger charge is -2.12. The van der Waals surface area contributed by atoms with Gasteiger partial charge in [-0.1, -0.05) is 26.0 Å². The van der Waals surface area contributed by atoms with E-state index in [1.807, 2.05) is 13.8 Å². The molecule has 98 valence electrons. The van der Waals surface area contributed by atoms with Gasteiger partial charge in [-0.2, -0.15) is 0 Å². The van der Waals surface area contributed by atoms with Gasteiger partial charge in [0.15, 0.2) is 0 Å². The SMILES string of the molecule is CCC(CC)C(=O)Nc1ccc(CC(N)=O)cc1. The largest absolute Gasteiger partial charge is 0.369 e. The van der Waals surface area contributed by atoms with Gasteiger partial charge in [0.25, 0.3) is 0 Å². The predicted octanol–water partition coefficient (Wildman–Crippen LogP) is 2.09. The fraction of sp³-hybridized carbons (Fsp3) is 0.429. The van der Waals surface area contributed by atoms with Crippen LogP contribution in [-0.4, -0.2) is 11.8 Å². The Labute approximate surface area is 108 Å². The van der Waals surface area contributed by atoms with E-state index in [1.165, 1.54) is 0 Å². The van der Waals surface area contributed by atoms with Crippen LogP contribution in [0.25, 0.3) is 0 Å². The van der Waals surface area contributed by atoms with Crippen molar-refractivity contribution in [3.63, 3.8) is 0 Å². The summed E-state index contributed by atoms with van der Waals surface area (Å²) < 4.78 is 0. The molecule has 1 aromatic carbocycles. The van der Waals surface area contributed by atoms with Crippen LogP contribution < -0.4 is 11.1 Å². The van der Waals surface area contributed by atoms with Crippen LogP contribution >= 0.6 is 0 Å². The lowest BCUT2D eigenvalue weighted by molar-refractivity contribution is -0.120. The first-order valence-corrected chi connectivity index (χ1v) is 6.24. The highest BCUT2D eigenvalue weighted by Gasteiger charge is 2.13. The maximum atomic E-state index is 11.9. The van der Waals surface area contributed by atoms with E-state index >= 15 is 0 Å². The van der Waals surface area contributed by atoms with Crippen molar-refractivity contribution in [1.29, 1.82) is 0 Å². The number of nitrogens with two attached hydrogens (primary N) is 1. The van der Waals surface area contributed by atoms with Crippen molar-refractivity contribution in [2.45, 2.75) is 33.1 Å². The molecule has 1 aromatic rings. The van der Waals surface area contributed by atoms with E-state index < -0.39 is 0 Å². The minimum atomic E-state index is -0.358. The standard InChI is InChI=1S/C14H20N2O2/c1-3-11(4-2)14(18)16-12-7-5-10(6-8-12)9-13(15)17/h5-8,11H,3-4,9H2,1-2H3,(H2,15,17)(H,16,18). The van der Waals surface area contributed by atoms with Gasteiger partial charge >= 0.3 is 0 Å². The maximum absolute atomic E-state index is 11.9. The van der Waals surface area contributed by atoms with Crippen LogP contribution in [0.15, 0.2) is 24.3 Å². The van der Waals surface area contributed by atoms with Gasteiger partial charge in [0.05, 0.1) is 6.42 Å². The average Bonchev–Trinajstić information content (AvgIpc) is 2.32. The molecule has 0 aliphatic carbocycles. The highest BCUT2D eigenvalue weighted by atomic mass is 16.2. The summed E-state index contributed by atoms with van der Waals surface area (Å²) >= 11 is 0. The van der Waals surface area contributed by atoms with Crippen molar-refractivity contribution in [2.75, 3.05) is 5.32 Å². The fourth-order valence-corrected chi connectivity index (χ4v) is 1.81. The molecule has 0 aliphatic rings. The summed E-state index contributed by atoms with van der Waals surface area (Å²) in [6.07, 6.45) is 1.89. The third kappa shape index (κ3) is 4.20. The zero-order chi connectivity index (χ0) is 13.5. The van der Waals surface area contributed by atoms with Crippen LogP contribution in [0, 0.1) is 5.92 Å². The second-order valence-electron chi connectivity index (χ2n) is 4.34. The topological polar surface area (TPSA) is 72.2 Å². The first-order chi connectivity index (χ1) is 8.56. The van der Waals surface area contributed by atoms with Crippen molar-refractivity contribution in [1.82, 2.24) is 0 Å². The van der Waals surface area contributed by atoms with Crippen molar-refractivity contribution in [3.8, 4) is 0 Å². The first-order valence-electron chi connectivity index (χ1n) is 6.24. The van der Waals surface area contributed by atoms with Crippen molar-refractivity contribution < 1.29 is 9.59 Å². The number of rotatable bonds is 6. The Bertz CT molecular complexity index is 408. The number of hydrogen-bond donors (Lipinski definition) is 2. The summed E-state index contributed by atoms with van der Waals surface area (Å²) in [5.74, 6) is -0.262. The van der Waals surface area contributed by atoms with Crippen LogP contribution in [0.2, 0.25) is 0 Å². The zero-order valence-corrected chi connectivity index (χ0v) is 10.9. The third-order valence-corrected chi connectivity index (χ3v) is 2.96. The van der Waals surface area contributed by atoms with Crippen LogP contribution in [0.1, 0.15) is 32.3 Å². The summed E-state index contributed by atoms with van der Waals surface area (Å²) in [6.45, 7) is 4.01. The Morgan fingerprint density at radius 2 is 1.72 bits per heavy atom. The lowest BCUT2D eigenvalue weighted by Crippen LogP contribution is -2.21. The number of carbonyl (C=O) groups is 2. The molecule has 3 N–H and O–H groups in total. The summed E-state index contributed by atoms with van der Waals surface area (Å²) in [6, 6.07) is 7.18. The van der Waals surface area contributed by atoms with Gasteiger partial charge in [-0.25, -0.2) is 0 Å². The van der Waals surface area contributed by atoms with E-state index in [9.17, 15) is 9.59 Å². The minimum absolute atomic E-state index is 0.0441. The number of amides is 2. The van der Waals surface area contributed by atoms with Crippen LogP contribution in [0.4, 0.5) is 5.69 Å². The molecular formula is C14H20N2O2. The molecule has 2 amide bonds. The summed E-state index contributed by atoms with van der Waals surface area (Å²) in [5.41, 5.74) is 6.71. The Morgan fingerprint density at radius 3 is 2.17 bits per heavy atom. The molecule has 0 radical (unpaired) electrons. The number of nitrogens with one attached hydrogen (secondary N) is 1. The van der Waals surface area contributed by atoms with Crippen molar-refractivity contribution in [3.05, 3.63) is 29.8 Å². The predicted molar refractivity (Wildman–Crippen MR) is 72.0 cm³/mol.